The summed E-state index contributed by atoms with van der Waals surface area (Å²) in [5.41, 5.74) is 0.682. The van der Waals surface area contributed by atoms with Gasteiger partial charge in [-0.3, -0.25) is 0 Å². The first kappa shape index (κ1) is 14.9. The van der Waals surface area contributed by atoms with Gasteiger partial charge < -0.3 is 10.3 Å². The third-order valence-electron chi connectivity index (χ3n) is 2.46. The van der Waals surface area contributed by atoms with Gasteiger partial charge in [0.1, 0.15) is 10.7 Å². The maximum atomic E-state index is 12.3. The molecule has 0 saturated carbocycles. The van der Waals surface area contributed by atoms with E-state index in [0.29, 0.717) is 22.5 Å². The van der Waals surface area contributed by atoms with Crippen LogP contribution in [0.15, 0.2) is 34.2 Å². The molecule has 0 unspecified atom stereocenters. The van der Waals surface area contributed by atoms with Crippen LogP contribution in [0.5, 0.6) is 0 Å². The summed E-state index contributed by atoms with van der Waals surface area (Å²) >= 11 is 3.23. The Morgan fingerprint density at radius 3 is 2.85 bits per heavy atom. The molecule has 2 rings (SSSR count). The lowest BCUT2D eigenvalue weighted by Crippen LogP contribution is -2.25. The second-order valence-corrected chi connectivity index (χ2v) is 6.58. The van der Waals surface area contributed by atoms with Gasteiger partial charge in [-0.15, -0.1) is 0 Å². The average molecular weight is 360 g/mol. The zero-order chi connectivity index (χ0) is 14.6. The van der Waals surface area contributed by atoms with Gasteiger partial charge in [-0.1, -0.05) is 0 Å². The van der Waals surface area contributed by atoms with Crippen LogP contribution in [0.3, 0.4) is 0 Å². The van der Waals surface area contributed by atoms with Crippen molar-refractivity contribution in [3.05, 3.63) is 35.0 Å². The van der Waals surface area contributed by atoms with E-state index in [0.717, 1.165) is 0 Å². The van der Waals surface area contributed by atoms with Crippen LogP contribution in [0.4, 0.5) is 5.82 Å². The molecule has 0 radical (unpaired) electrons. The van der Waals surface area contributed by atoms with Gasteiger partial charge >= 0.3 is 0 Å². The number of hydrogen-bond acceptors (Lipinski definition) is 5. The molecular formula is C11H14BrN5O2S. The van der Waals surface area contributed by atoms with E-state index < -0.39 is 10.0 Å². The number of aromatic amines is 1. The number of nitrogens with zero attached hydrogens (tertiary/aromatic N) is 2. The van der Waals surface area contributed by atoms with Crippen LogP contribution in [-0.2, 0) is 16.6 Å². The van der Waals surface area contributed by atoms with E-state index in [1.54, 1.807) is 12.4 Å². The Balaban J connectivity index is 2.26. The van der Waals surface area contributed by atoms with Crippen LogP contribution < -0.4 is 10.0 Å². The number of sulfonamides is 1. The van der Waals surface area contributed by atoms with Crippen molar-refractivity contribution in [1.82, 2.24) is 19.7 Å². The van der Waals surface area contributed by atoms with Crippen molar-refractivity contribution in [2.24, 2.45) is 0 Å². The van der Waals surface area contributed by atoms with Crippen molar-refractivity contribution >= 4 is 31.8 Å². The van der Waals surface area contributed by atoms with Gasteiger partial charge in [0.25, 0.3) is 0 Å². The molecular weight excluding hydrogens is 346 g/mol. The number of hydrogen-bond donors (Lipinski definition) is 3. The highest BCUT2D eigenvalue weighted by molar-refractivity contribution is 9.10. The third-order valence-corrected chi connectivity index (χ3v) is 4.31. The molecule has 2 aromatic rings. The molecule has 0 bridgehead atoms. The molecule has 108 valence electrons. The molecule has 0 saturated heterocycles. The van der Waals surface area contributed by atoms with Crippen LogP contribution >= 0.6 is 15.9 Å². The SMILES string of the molecule is CCNc1ncc(Br)cc1S(=O)(=O)NCc1cnc[nH]1. The lowest BCUT2D eigenvalue weighted by molar-refractivity contribution is 0.580. The van der Waals surface area contributed by atoms with Gasteiger partial charge in [0.05, 0.1) is 12.9 Å². The Morgan fingerprint density at radius 2 is 2.20 bits per heavy atom. The monoisotopic (exact) mass is 359 g/mol. The summed E-state index contributed by atoms with van der Waals surface area (Å²) in [4.78, 5) is 10.9. The number of anilines is 1. The molecule has 0 atom stereocenters. The van der Waals surface area contributed by atoms with Crippen molar-refractivity contribution < 1.29 is 8.42 Å². The number of rotatable bonds is 6. The van der Waals surface area contributed by atoms with E-state index in [9.17, 15) is 8.42 Å². The summed E-state index contributed by atoms with van der Waals surface area (Å²) in [6, 6.07) is 1.51. The molecule has 2 aromatic heterocycles. The van der Waals surface area contributed by atoms with Gasteiger partial charge in [-0.25, -0.2) is 23.1 Å². The number of imidazole rings is 1. The first-order chi connectivity index (χ1) is 9.53. The summed E-state index contributed by atoms with van der Waals surface area (Å²) in [6.07, 6.45) is 4.60. The quantitative estimate of drug-likeness (QED) is 0.725. The number of aromatic nitrogens is 3. The molecule has 9 heteroatoms. The molecule has 0 aromatic carbocycles. The maximum Gasteiger partial charge on any atom is 0.244 e. The van der Waals surface area contributed by atoms with Gasteiger partial charge in [0.15, 0.2) is 0 Å². The minimum absolute atomic E-state index is 0.105. The predicted octanol–water partition coefficient (Wildman–Crippen LogP) is 1.48. The second kappa shape index (κ2) is 6.33. The summed E-state index contributed by atoms with van der Waals surface area (Å²) < 4.78 is 27.8. The van der Waals surface area contributed by atoms with Crippen LogP contribution in [0, 0.1) is 0 Å². The number of halogens is 1. The Morgan fingerprint density at radius 1 is 1.40 bits per heavy atom. The van der Waals surface area contributed by atoms with Crippen molar-refractivity contribution in [2.75, 3.05) is 11.9 Å². The Kier molecular flexibility index (Phi) is 4.73. The smallest absolute Gasteiger partial charge is 0.244 e. The fourth-order valence-electron chi connectivity index (χ4n) is 1.56. The topological polar surface area (TPSA) is 99.8 Å². The van der Waals surface area contributed by atoms with Crippen molar-refractivity contribution in [3.63, 3.8) is 0 Å². The van der Waals surface area contributed by atoms with E-state index >= 15 is 0 Å². The lowest BCUT2D eigenvalue weighted by Gasteiger charge is -2.11. The fourth-order valence-corrected chi connectivity index (χ4v) is 3.20. The number of pyridine rings is 1. The molecule has 2 heterocycles. The molecule has 0 amide bonds. The molecule has 0 aliphatic carbocycles. The number of nitrogens with one attached hydrogen (secondary N) is 3. The van der Waals surface area contributed by atoms with E-state index in [2.05, 4.69) is 40.9 Å². The summed E-state index contributed by atoms with van der Waals surface area (Å²) in [5.74, 6) is 0.327. The largest absolute Gasteiger partial charge is 0.369 e. The molecule has 3 N–H and O–H groups in total. The summed E-state index contributed by atoms with van der Waals surface area (Å²) in [6.45, 7) is 2.59. The van der Waals surface area contributed by atoms with Crippen molar-refractivity contribution in [2.45, 2.75) is 18.4 Å². The molecule has 0 aliphatic heterocycles. The van der Waals surface area contributed by atoms with E-state index in [1.165, 1.54) is 12.4 Å². The maximum absolute atomic E-state index is 12.3. The zero-order valence-electron chi connectivity index (χ0n) is 10.7. The molecule has 7 nitrogen and oxygen atoms in total. The number of H-pyrrole nitrogens is 1. The van der Waals surface area contributed by atoms with Crippen molar-refractivity contribution in [1.29, 1.82) is 0 Å². The predicted molar refractivity (Wildman–Crippen MR) is 78.7 cm³/mol. The minimum Gasteiger partial charge on any atom is -0.369 e. The van der Waals surface area contributed by atoms with E-state index in [4.69, 9.17) is 0 Å². The van der Waals surface area contributed by atoms with Crippen LogP contribution in [-0.4, -0.2) is 29.9 Å². The highest BCUT2D eigenvalue weighted by Gasteiger charge is 2.20. The highest BCUT2D eigenvalue weighted by Crippen LogP contribution is 2.22. The highest BCUT2D eigenvalue weighted by atomic mass is 79.9. The normalized spacial score (nSPS) is 11.5. The fraction of sp³-hybridized carbons (Fsp3) is 0.273. The zero-order valence-corrected chi connectivity index (χ0v) is 13.1. The van der Waals surface area contributed by atoms with Gasteiger partial charge in [-0.05, 0) is 28.9 Å². The molecule has 0 fully saturated rings. The second-order valence-electron chi connectivity index (χ2n) is 3.93. The van der Waals surface area contributed by atoms with Crippen LogP contribution in [0.1, 0.15) is 12.6 Å². The Labute approximate surface area is 125 Å². The first-order valence-electron chi connectivity index (χ1n) is 5.89. The van der Waals surface area contributed by atoms with Gasteiger partial charge in [0, 0.05) is 29.1 Å². The van der Waals surface area contributed by atoms with Gasteiger partial charge in [-0.2, -0.15) is 0 Å². The Bertz CT molecular complexity index is 672. The van der Waals surface area contributed by atoms with Crippen LogP contribution in [0.25, 0.3) is 0 Å². The van der Waals surface area contributed by atoms with E-state index in [1.807, 2.05) is 6.92 Å². The Hall–Kier alpha value is -1.45. The summed E-state index contributed by atoms with van der Waals surface area (Å²) in [7, 11) is -3.66. The lowest BCUT2D eigenvalue weighted by atomic mass is 10.4. The molecule has 0 aliphatic rings. The van der Waals surface area contributed by atoms with Gasteiger partial charge in [0.2, 0.25) is 10.0 Å². The standard InChI is InChI=1S/C11H14BrN5O2S/c1-2-14-11-10(3-8(12)4-15-11)20(18,19)17-6-9-5-13-7-16-9/h3-5,7,17H,2,6H2,1H3,(H,13,16)(H,14,15). The first-order valence-corrected chi connectivity index (χ1v) is 8.17. The summed E-state index contributed by atoms with van der Waals surface area (Å²) in [5, 5.41) is 2.93. The molecule has 0 spiro atoms. The molecule has 20 heavy (non-hydrogen) atoms. The average Bonchev–Trinajstić information content (AvgIpc) is 2.92. The van der Waals surface area contributed by atoms with Crippen LogP contribution in [0.2, 0.25) is 0 Å². The van der Waals surface area contributed by atoms with E-state index in [-0.39, 0.29) is 11.4 Å². The third kappa shape index (κ3) is 3.56. The minimum atomic E-state index is -3.66. The van der Waals surface area contributed by atoms with Crippen molar-refractivity contribution in [3.8, 4) is 0 Å².